The monoisotopic (exact) mass is 311 g/mol. The number of rotatable bonds is 2. The molecule has 114 valence electrons. The third kappa shape index (κ3) is 2.36. The highest BCUT2D eigenvalue weighted by atomic mass is 19.4. The lowest BCUT2D eigenvalue weighted by molar-refractivity contribution is -0.146. The van der Waals surface area contributed by atoms with Crippen LogP contribution < -0.4 is 4.74 Å². The van der Waals surface area contributed by atoms with Gasteiger partial charge in [-0.05, 0) is 30.3 Å². The zero-order valence-electron chi connectivity index (χ0n) is 11.2. The van der Waals surface area contributed by atoms with E-state index in [1.165, 1.54) is 31.4 Å². The minimum Gasteiger partial charge on any atom is -0.494 e. The number of ether oxygens (including phenoxy) is 1. The zero-order chi connectivity index (χ0) is 15.9. The fourth-order valence-corrected chi connectivity index (χ4v) is 2.06. The molecule has 0 atom stereocenters. The highest BCUT2D eigenvalue weighted by molar-refractivity contribution is 5.62. The van der Waals surface area contributed by atoms with Gasteiger partial charge >= 0.3 is 6.18 Å². The van der Waals surface area contributed by atoms with Crippen LogP contribution in [-0.2, 0) is 6.18 Å². The first-order valence-corrected chi connectivity index (χ1v) is 6.16. The lowest BCUT2D eigenvalue weighted by Gasteiger charge is -2.07. The van der Waals surface area contributed by atoms with E-state index in [1.54, 1.807) is 0 Å². The minimum atomic E-state index is -4.62. The van der Waals surface area contributed by atoms with Crippen molar-refractivity contribution in [2.24, 2.45) is 0 Å². The van der Waals surface area contributed by atoms with Crippen LogP contribution in [0.1, 0.15) is 5.82 Å². The van der Waals surface area contributed by atoms with Crippen LogP contribution in [-0.4, -0.2) is 21.7 Å². The van der Waals surface area contributed by atoms with E-state index in [9.17, 15) is 17.6 Å². The van der Waals surface area contributed by atoms with E-state index in [0.29, 0.717) is 10.1 Å². The van der Waals surface area contributed by atoms with Gasteiger partial charge in [-0.3, -0.25) is 0 Å². The van der Waals surface area contributed by atoms with E-state index in [1.807, 2.05) is 0 Å². The number of benzene rings is 1. The molecule has 0 spiro atoms. The summed E-state index contributed by atoms with van der Waals surface area (Å²) in [4.78, 5) is 3.33. The van der Waals surface area contributed by atoms with Gasteiger partial charge in [-0.25, -0.2) is 13.9 Å². The molecule has 0 N–H and O–H groups in total. The van der Waals surface area contributed by atoms with Crippen molar-refractivity contribution < 1.29 is 22.3 Å². The van der Waals surface area contributed by atoms with Gasteiger partial charge in [-0.15, -0.1) is 0 Å². The van der Waals surface area contributed by atoms with Crippen LogP contribution in [0.2, 0.25) is 0 Å². The van der Waals surface area contributed by atoms with Gasteiger partial charge in [0.15, 0.2) is 11.6 Å². The number of fused-ring (bicyclic) bond motifs is 1. The first-order chi connectivity index (χ1) is 10.4. The van der Waals surface area contributed by atoms with E-state index in [0.717, 1.165) is 12.3 Å². The van der Waals surface area contributed by atoms with Crippen molar-refractivity contribution in [2.45, 2.75) is 6.18 Å². The van der Waals surface area contributed by atoms with Crippen LogP contribution >= 0.6 is 0 Å². The molecule has 0 bridgehead atoms. The standard InChI is InChI=1S/C14H9F4N3O/c1-22-12-5-2-8(6-10(12)15)11-4-3-9-7-19-13(14(16,17)18)21(9)20-11/h2-7H,1H3. The predicted octanol–water partition coefficient (Wildman–Crippen LogP) is 3.56. The maximum atomic E-state index is 13.7. The molecule has 0 radical (unpaired) electrons. The van der Waals surface area contributed by atoms with Gasteiger partial charge in [0.05, 0.1) is 24.5 Å². The number of nitrogens with zero attached hydrogens (tertiary/aromatic N) is 3. The number of methoxy groups -OCH3 is 1. The molecule has 0 fully saturated rings. The Morgan fingerprint density at radius 3 is 2.55 bits per heavy atom. The lowest BCUT2D eigenvalue weighted by atomic mass is 10.1. The first-order valence-electron chi connectivity index (χ1n) is 6.16. The van der Waals surface area contributed by atoms with E-state index in [2.05, 4.69) is 10.1 Å². The van der Waals surface area contributed by atoms with E-state index >= 15 is 0 Å². The van der Waals surface area contributed by atoms with E-state index in [-0.39, 0.29) is 17.0 Å². The van der Waals surface area contributed by atoms with Crippen molar-refractivity contribution in [3.05, 3.63) is 48.2 Å². The van der Waals surface area contributed by atoms with E-state index in [4.69, 9.17) is 4.74 Å². The van der Waals surface area contributed by atoms with Crippen LogP contribution in [0.5, 0.6) is 5.75 Å². The molecule has 3 aromatic rings. The minimum absolute atomic E-state index is 0.0449. The fourth-order valence-electron chi connectivity index (χ4n) is 2.06. The molecule has 8 heteroatoms. The summed E-state index contributed by atoms with van der Waals surface area (Å²) in [5.41, 5.74) is 0.727. The van der Waals surface area contributed by atoms with Crippen molar-refractivity contribution in [1.82, 2.24) is 14.6 Å². The average molecular weight is 311 g/mol. The van der Waals surface area contributed by atoms with Crippen molar-refractivity contribution in [2.75, 3.05) is 7.11 Å². The van der Waals surface area contributed by atoms with Gasteiger partial charge in [0, 0.05) is 5.56 Å². The van der Waals surface area contributed by atoms with E-state index < -0.39 is 17.8 Å². The van der Waals surface area contributed by atoms with Gasteiger partial charge in [0.2, 0.25) is 5.82 Å². The predicted molar refractivity (Wildman–Crippen MR) is 69.9 cm³/mol. The number of halogens is 4. The molecule has 2 aromatic heterocycles. The maximum absolute atomic E-state index is 13.7. The van der Waals surface area contributed by atoms with Crippen molar-refractivity contribution in [3.8, 4) is 17.0 Å². The SMILES string of the molecule is COc1ccc(-c2ccc3cnc(C(F)(F)F)n3n2)cc1F. The molecule has 2 heterocycles. The summed E-state index contributed by atoms with van der Waals surface area (Å²) in [5.74, 6) is -1.70. The van der Waals surface area contributed by atoms with Crippen LogP contribution in [0, 0.1) is 5.82 Å². The van der Waals surface area contributed by atoms with Gasteiger partial charge < -0.3 is 4.74 Å². The molecule has 4 nitrogen and oxygen atoms in total. The molecule has 0 unspecified atom stereocenters. The average Bonchev–Trinajstić information content (AvgIpc) is 2.90. The second-order valence-corrected chi connectivity index (χ2v) is 4.48. The summed E-state index contributed by atoms with van der Waals surface area (Å²) in [6.45, 7) is 0. The smallest absolute Gasteiger partial charge is 0.451 e. The summed E-state index contributed by atoms with van der Waals surface area (Å²) in [5, 5.41) is 3.90. The molecule has 3 rings (SSSR count). The lowest BCUT2D eigenvalue weighted by Crippen LogP contribution is -2.12. The number of alkyl halides is 3. The Morgan fingerprint density at radius 1 is 1.14 bits per heavy atom. The fraction of sp³-hybridized carbons (Fsp3) is 0.143. The Labute approximate surface area is 122 Å². The summed E-state index contributed by atoms with van der Waals surface area (Å²) in [6.07, 6.45) is -3.54. The largest absolute Gasteiger partial charge is 0.494 e. The Hall–Kier alpha value is -2.64. The quantitative estimate of drug-likeness (QED) is 0.679. The molecular formula is C14H9F4N3O. The number of hydrogen-bond acceptors (Lipinski definition) is 3. The third-order valence-electron chi connectivity index (χ3n) is 3.09. The van der Waals surface area contributed by atoms with Crippen LogP contribution in [0.15, 0.2) is 36.5 Å². The Balaban J connectivity index is 2.14. The van der Waals surface area contributed by atoms with Crippen molar-refractivity contribution >= 4 is 5.52 Å². The molecule has 0 aliphatic carbocycles. The number of imidazole rings is 1. The second kappa shape index (κ2) is 4.97. The van der Waals surface area contributed by atoms with Crippen LogP contribution in [0.3, 0.4) is 0 Å². The molecule has 0 saturated carbocycles. The molecular weight excluding hydrogens is 302 g/mol. The van der Waals surface area contributed by atoms with Gasteiger partial charge in [0.25, 0.3) is 0 Å². The zero-order valence-corrected chi connectivity index (χ0v) is 11.2. The Morgan fingerprint density at radius 2 is 1.91 bits per heavy atom. The number of hydrogen-bond donors (Lipinski definition) is 0. The molecule has 0 aliphatic rings. The summed E-state index contributed by atoms with van der Waals surface area (Å²) in [7, 11) is 1.32. The maximum Gasteiger partial charge on any atom is 0.451 e. The molecule has 0 saturated heterocycles. The Kier molecular flexibility index (Phi) is 3.23. The van der Waals surface area contributed by atoms with Crippen molar-refractivity contribution in [3.63, 3.8) is 0 Å². The van der Waals surface area contributed by atoms with Crippen LogP contribution in [0.25, 0.3) is 16.8 Å². The van der Waals surface area contributed by atoms with Gasteiger partial charge in [-0.1, -0.05) is 0 Å². The van der Waals surface area contributed by atoms with Crippen molar-refractivity contribution in [1.29, 1.82) is 0 Å². The third-order valence-corrected chi connectivity index (χ3v) is 3.09. The highest BCUT2D eigenvalue weighted by Crippen LogP contribution is 2.29. The van der Waals surface area contributed by atoms with Gasteiger partial charge in [0.1, 0.15) is 0 Å². The first kappa shape index (κ1) is 14.3. The molecule has 1 aromatic carbocycles. The molecule has 0 amide bonds. The van der Waals surface area contributed by atoms with Gasteiger partial charge in [-0.2, -0.15) is 18.3 Å². The molecule has 22 heavy (non-hydrogen) atoms. The Bertz CT molecular complexity index is 842. The molecule has 0 aliphatic heterocycles. The highest BCUT2D eigenvalue weighted by Gasteiger charge is 2.36. The van der Waals surface area contributed by atoms with Crippen LogP contribution in [0.4, 0.5) is 17.6 Å². The normalized spacial score (nSPS) is 11.9. The summed E-state index contributed by atoms with van der Waals surface area (Å²) < 4.78 is 57.7. The second-order valence-electron chi connectivity index (χ2n) is 4.48. The summed E-state index contributed by atoms with van der Waals surface area (Å²) in [6, 6.07) is 6.98. The summed E-state index contributed by atoms with van der Waals surface area (Å²) >= 11 is 0. The topological polar surface area (TPSA) is 39.4 Å². The number of aromatic nitrogens is 3.